The maximum absolute atomic E-state index is 13.2. The van der Waals surface area contributed by atoms with Crippen LogP contribution in [0.15, 0.2) is 72.8 Å². The number of aromatic nitrogens is 2. The van der Waals surface area contributed by atoms with E-state index < -0.39 is 22.3 Å². The van der Waals surface area contributed by atoms with Crippen molar-refractivity contribution in [1.82, 2.24) is 23.7 Å². The van der Waals surface area contributed by atoms with Gasteiger partial charge in [-0.25, -0.2) is 19.0 Å². The van der Waals surface area contributed by atoms with E-state index in [0.717, 1.165) is 40.0 Å². The molecular weight excluding hydrogens is 578 g/mol. The molecule has 44 heavy (non-hydrogen) atoms. The Morgan fingerprint density at radius 3 is 2.36 bits per heavy atom. The first kappa shape index (κ1) is 31.0. The van der Waals surface area contributed by atoms with E-state index in [2.05, 4.69) is 15.4 Å². The minimum absolute atomic E-state index is 0.0220. The molecule has 0 atom stereocenters. The van der Waals surface area contributed by atoms with Crippen LogP contribution in [0.2, 0.25) is 0 Å². The molecular formula is C32H39N7O4S. The highest BCUT2D eigenvalue weighted by Crippen LogP contribution is 2.28. The Labute approximate surface area is 258 Å². The molecule has 4 amide bonds. The molecule has 1 aliphatic heterocycles. The molecule has 1 saturated heterocycles. The Bertz CT molecular complexity index is 1770. The molecule has 2 heterocycles. The van der Waals surface area contributed by atoms with E-state index in [4.69, 9.17) is 5.10 Å². The quantitative estimate of drug-likeness (QED) is 0.240. The van der Waals surface area contributed by atoms with Crippen molar-refractivity contribution in [2.24, 2.45) is 0 Å². The summed E-state index contributed by atoms with van der Waals surface area (Å²) in [6.45, 7) is 7.22. The van der Waals surface area contributed by atoms with Gasteiger partial charge < -0.3 is 10.2 Å². The standard InChI is InChI=1S/C32H39N7O4S/c1-32(2,3)28-21-29(34-30(40)33-27-17-11-14-24-13-6-7-16-26(24)27)39(35-28)25-15-10-12-23(20-25)22-37(4)44(42,43)36-31(41)38-18-8-5-9-19-38/h6-7,10-17,20-21H,5,8-9,18-19,22H2,1-4H3,(H,36,41)(H2,33,34,40). The normalized spacial score (nSPS) is 14.1. The van der Waals surface area contributed by atoms with Crippen molar-refractivity contribution in [2.75, 3.05) is 30.8 Å². The van der Waals surface area contributed by atoms with Gasteiger partial charge in [0.05, 0.1) is 17.1 Å². The van der Waals surface area contributed by atoms with Gasteiger partial charge in [-0.2, -0.15) is 17.8 Å². The largest absolute Gasteiger partial charge is 0.332 e. The fourth-order valence-corrected chi connectivity index (χ4v) is 5.94. The average Bonchev–Trinajstić information content (AvgIpc) is 3.42. The third kappa shape index (κ3) is 7.20. The average molecular weight is 618 g/mol. The van der Waals surface area contributed by atoms with Crippen LogP contribution in [-0.4, -0.2) is 59.6 Å². The Kier molecular flexibility index (Phi) is 8.93. The summed E-state index contributed by atoms with van der Waals surface area (Å²) < 4.78 is 30.8. The summed E-state index contributed by atoms with van der Waals surface area (Å²) in [5.74, 6) is 0.458. The number of piperidine rings is 1. The summed E-state index contributed by atoms with van der Waals surface area (Å²) in [5.41, 5.74) is 2.47. The number of carbonyl (C=O) groups excluding carboxylic acids is 2. The van der Waals surface area contributed by atoms with Gasteiger partial charge in [0.1, 0.15) is 5.82 Å². The van der Waals surface area contributed by atoms with Gasteiger partial charge in [0.25, 0.3) is 0 Å². The Hall–Kier alpha value is -4.42. The van der Waals surface area contributed by atoms with E-state index in [1.165, 1.54) is 11.9 Å². The predicted molar refractivity (Wildman–Crippen MR) is 173 cm³/mol. The van der Waals surface area contributed by atoms with Crippen LogP contribution in [0.3, 0.4) is 0 Å². The minimum atomic E-state index is -4.06. The second kappa shape index (κ2) is 12.7. The number of benzene rings is 3. The molecule has 0 spiro atoms. The van der Waals surface area contributed by atoms with Crippen LogP contribution in [0.25, 0.3) is 16.5 Å². The molecule has 232 valence electrons. The minimum Gasteiger partial charge on any atom is -0.324 e. The summed E-state index contributed by atoms with van der Waals surface area (Å²) in [6, 6.07) is 21.6. The van der Waals surface area contributed by atoms with E-state index in [0.29, 0.717) is 35.8 Å². The first-order valence-electron chi connectivity index (χ1n) is 14.7. The molecule has 12 heteroatoms. The number of urea groups is 2. The molecule has 3 N–H and O–H groups in total. The predicted octanol–water partition coefficient (Wildman–Crippen LogP) is 5.84. The number of hydrogen-bond acceptors (Lipinski definition) is 5. The van der Waals surface area contributed by atoms with Crippen molar-refractivity contribution in [1.29, 1.82) is 0 Å². The van der Waals surface area contributed by atoms with Crippen LogP contribution in [0.4, 0.5) is 21.1 Å². The third-order valence-corrected chi connectivity index (χ3v) is 8.97. The number of amides is 4. The third-order valence-electron chi connectivity index (χ3n) is 7.59. The highest BCUT2D eigenvalue weighted by molar-refractivity contribution is 7.87. The van der Waals surface area contributed by atoms with Crippen molar-refractivity contribution >= 4 is 44.5 Å². The fraction of sp³-hybridized carbons (Fsp3) is 0.344. The van der Waals surface area contributed by atoms with Gasteiger partial charge in [0, 0.05) is 43.5 Å². The van der Waals surface area contributed by atoms with Crippen molar-refractivity contribution in [3.05, 3.63) is 84.1 Å². The van der Waals surface area contributed by atoms with Crippen molar-refractivity contribution in [2.45, 2.75) is 52.0 Å². The van der Waals surface area contributed by atoms with Gasteiger partial charge in [-0.05, 0) is 48.4 Å². The van der Waals surface area contributed by atoms with Gasteiger partial charge in [0.15, 0.2) is 0 Å². The van der Waals surface area contributed by atoms with E-state index in [-0.39, 0.29) is 12.0 Å². The summed E-state index contributed by atoms with van der Waals surface area (Å²) in [5, 5.41) is 12.6. The van der Waals surface area contributed by atoms with Gasteiger partial charge >= 0.3 is 22.3 Å². The number of anilines is 2. The van der Waals surface area contributed by atoms with Crippen molar-refractivity contribution < 1.29 is 18.0 Å². The maximum atomic E-state index is 13.2. The highest BCUT2D eigenvalue weighted by atomic mass is 32.2. The Balaban J connectivity index is 1.35. The molecule has 5 rings (SSSR count). The first-order valence-corrected chi connectivity index (χ1v) is 16.1. The molecule has 1 fully saturated rings. The van der Waals surface area contributed by atoms with Gasteiger partial charge in [-0.3, -0.25) is 5.32 Å². The van der Waals surface area contributed by atoms with Crippen molar-refractivity contribution in [3.63, 3.8) is 0 Å². The smallest absolute Gasteiger partial charge is 0.324 e. The number of nitrogens with one attached hydrogen (secondary N) is 3. The fourth-order valence-electron chi connectivity index (χ4n) is 5.12. The number of rotatable bonds is 7. The summed E-state index contributed by atoms with van der Waals surface area (Å²) in [6.07, 6.45) is 2.76. The van der Waals surface area contributed by atoms with Crippen LogP contribution in [0.1, 0.15) is 51.3 Å². The van der Waals surface area contributed by atoms with Gasteiger partial charge in [0.2, 0.25) is 0 Å². The molecule has 3 aromatic carbocycles. The molecule has 0 aliphatic carbocycles. The molecule has 1 aromatic heterocycles. The van der Waals surface area contributed by atoms with E-state index >= 15 is 0 Å². The molecule has 11 nitrogen and oxygen atoms in total. The summed E-state index contributed by atoms with van der Waals surface area (Å²) in [4.78, 5) is 27.3. The summed E-state index contributed by atoms with van der Waals surface area (Å²) in [7, 11) is -2.64. The van der Waals surface area contributed by atoms with Crippen molar-refractivity contribution in [3.8, 4) is 5.69 Å². The van der Waals surface area contributed by atoms with Gasteiger partial charge in [-0.15, -0.1) is 0 Å². The van der Waals surface area contributed by atoms with E-state index in [1.54, 1.807) is 16.8 Å². The Morgan fingerprint density at radius 1 is 0.909 bits per heavy atom. The lowest BCUT2D eigenvalue weighted by molar-refractivity contribution is 0.191. The van der Waals surface area contributed by atoms with E-state index in [1.807, 2.05) is 81.4 Å². The van der Waals surface area contributed by atoms with Crippen LogP contribution in [0, 0.1) is 0 Å². The topological polar surface area (TPSA) is 129 Å². The molecule has 0 bridgehead atoms. The summed E-state index contributed by atoms with van der Waals surface area (Å²) >= 11 is 0. The zero-order valence-electron chi connectivity index (χ0n) is 25.5. The molecule has 0 radical (unpaired) electrons. The van der Waals surface area contributed by atoms with Crippen LogP contribution < -0.4 is 15.4 Å². The number of hydrogen-bond donors (Lipinski definition) is 3. The maximum Gasteiger partial charge on any atom is 0.332 e. The highest BCUT2D eigenvalue weighted by Gasteiger charge is 2.26. The number of nitrogens with zero attached hydrogens (tertiary/aromatic N) is 4. The molecule has 0 saturated carbocycles. The van der Waals surface area contributed by atoms with Crippen LogP contribution in [0.5, 0.6) is 0 Å². The monoisotopic (exact) mass is 617 g/mol. The second-order valence-corrected chi connectivity index (χ2v) is 13.8. The lowest BCUT2D eigenvalue weighted by Crippen LogP contribution is -2.49. The van der Waals surface area contributed by atoms with Crippen LogP contribution in [-0.2, 0) is 22.2 Å². The number of likely N-dealkylation sites (tertiary alicyclic amines) is 1. The van der Waals surface area contributed by atoms with Crippen LogP contribution >= 0.6 is 0 Å². The molecule has 4 aromatic rings. The van der Waals surface area contributed by atoms with E-state index in [9.17, 15) is 18.0 Å². The van der Waals surface area contributed by atoms with Gasteiger partial charge in [-0.1, -0.05) is 69.3 Å². The second-order valence-electron chi connectivity index (χ2n) is 12.1. The molecule has 0 unspecified atom stereocenters. The molecule has 1 aliphatic rings. The Morgan fingerprint density at radius 2 is 1.61 bits per heavy atom. The SMILES string of the molecule is CN(Cc1cccc(-n2nc(C(C)(C)C)cc2NC(=O)Nc2cccc3ccccc23)c1)S(=O)(=O)NC(=O)N1CCCCC1. The zero-order chi connectivity index (χ0) is 31.5. The lowest BCUT2D eigenvalue weighted by Gasteiger charge is -2.27. The number of carbonyl (C=O) groups is 2. The zero-order valence-corrected chi connectivity index (χ0v) is 26.3. The first-order chi connectivity index (χ1) is 20.9. The lowest BCUT2D eigenvalue weighted by atomic mass is 9.92. The number of fused-ring (bicyclic) bond motifs is 1.